The molecule has 60 heavy (non-hydrogen) atoms. The molecule has 0 aliphatic heterocycles. The Balaban J connectivity index is 1.25. The third-order valence-electron chi connectivity index (χ3n) is 8.95. The number of benzene rings is 3. The molecule has 0 aliphatic carbocycles. The smallest absolute Gasteiger partial charge is 0.500 e. The molecule has 0 radical (unpaired) electrons. The van der Waals surface area contributed by atoms with Gasteiger partial charge in [-0.1, -0.05) is 0 Å². The molecule has 14 nitrogen and oxygen atoms in total. The maximum Gasteiger partial charge on any atom is 0.500 e. The van der Waals surface area contributed by atoms with Crippen LogP contribution in [-0.4, -0.2) is 120 Å². The quantitative estimate of drug-likeness (QED) is 0.0429. The summed E-state index contributed by atoms with van der Waals surface area (Å²) in [6.07, 6.45) is 2.80. The second-order valence-electron chi connectivity index (χ2n) is 13.3. The maximum absolute atomic E-state index is 10.4. The zero-order valence-corrected chi connectivity index (χ0v) is 38.7. The first kappa shape index (κ1) is 50.9. The number of hydrogen-bond donors (Lipinski definition) is 2. The van der Waals surface area contributed by atoms with Crippen LogP contribution in [0.3, 0.4) is 0 Å². The van der Waals surface area contributed by atoms with Gasteiger partial charge in [-0.05, 0) is 139 Å². The number of phenols is 2. The molecule has 0 bridgehead atoms. The SMILES string of the molecule is CCO[Si](CCCc1cc(OCCOCCOc2ccc(OCCOCCOc3ccc(O)c(CCC[Si](OCC)(OCC)OCC)c3)cc2)ccc1O)(OCC)OCC. The zero-order valence-electron chi connectivity index (χ0n) is 36.7. The van der Waals surface area contributed by atoms with Crippen molar-refractivity contribution in [2.45, 2.75) is 79.3 Å². The lowest BCUT2D eigenvalue weighted by Crippen LogP contribution is -2.46. The fraction of sp³-hybridized carbons (Fsp3) is 0.591. The summed E-state index contributed by atoms with van der Waals surface area (Å²) in [6, 6.07) is 19.3. The summed E-state index contributed by atoms with van der Waals surface area (Å²) in [6.45, 7) is 18.0. The number of phenolic OH excluding ortho intramolecular Hbond substituents is 2. The topological polar surface area (TPSA) is 151 Å². The number of rotatable bonds is 36. The molecule has 0 amide bonds. The molecule has 0 spiro atoms. The van der Waals surface area contributed by atoms with Gasteiger partial charge < -0.3 is 65.2 Å². The molecule has 3 rings (SSSR count). The Bertz CT molecular complexity index is 1420. The van der Waals surface area contributed by atoms with Gasteiger partial charge in [0.25, 0.3) is 0 Å². The minimum absolute atomic E-state index is 0.233. The van der Waals surface area contributed by atoms with E-state index in [1.54, 1.807) is 24.3 Å². The van der Waals surface area contributed by atoms with Crippen LogP contribution in [-0.2, 0) is 48.9 Å². The molecule has 0 heterocycles. The molecule has 0 aliphatic rings. The van der Waals surface area contributed by atoms with Crippen molar-refractivity contribution >= 4 is 17.6 Å². The molecule has 0 saturated heterocycles. The summed E-state index contributed by atoms with van der Waals surface area (Å²) < 4.78 is 70.4. The molecular weight excluding hydrogens is 809 g/mol. The van der Waals surface area contributed by atoms with E-state index in [1.165, 1.54) is 0 Å². The van der Waals surface area contributed by atoms with Crippen LogP contribution in [0.15, 0.2) is 60.7 Å². The van der Waals surface area contributed by atoms with Crippen LogP contribution >= 0.6 is 0 Å². The van der Waals surface area contributed by atoms with Crippen molar-refractivity contribution in [1.82, 2.24) is 0 Å². The average molecular weight is 879 g/mol. The van der Waals surface area contributed by atoms with Gasteiger partial charge in [0.1, 0.15) is 60.9 Å². The number of hydrogen-bond acceptors (Lipinski definition) is 14. The van der Waals surface area contributed by atoms with E-state index in [9.17, 15) is 10.2 Å². The van der Waals surface area contributed by atoms with Gasteiger partial charge >= 0.3 is 17.6 Å². The molecule has 3 aromatic rings. The molecule has 0 atom stereocenters. The number of ether oxygens (including phenoxy) is 6. The molecule has 0 aromatic heterocycles. The third-order valence-corrected chi connectivity index (χ3v) is 15.3. The molecular formula is C44H70O14Si2. The van der Waals surface area contributed by atoms with Crippen molar-refractivity contribution in [3.8, 4) is 34.5 Å². The molecule has 0 saturated carbocycles. The Kier molecular flexibility index (Phi) is 25.3. The van der Waals surface area contributed by atoms with Gasteiger partial charge in [-0.25, -0.2) is 0 Å². The monoisotopic (exact) mass is 878 g/mol. The molecule has 0 unspecified atom stereocenters. The second-order valence-corrected chi connectivity index (χ2v) is 18.8. The van der Waals surface area contributed by atoms with Gasteiger partial charge in [0.2, 0.25) is 0 Å². The minimum atomic E-state index is -2.73. The normalized spacial score (nSPS) is 11.8. The van der Waals surface area contributed by atoms with Crippen LogP contribution in [0.1, 0.15) is 65.5 Å². The molecule has 3 aromatic carbocycles. The average Bonchev–Trinajstić information content (AvgIpc) is 3.23. The van der Waals surface area contributed by atoms with E-state index in [2.05, 4.69) is 0 Å². The standard InChI is InChI=1S/C44H70O14Si2/c1-7-53-59(54-8-2,55-9-3)33-13-15-37-35-41(21-23-43(37)45)51-31-27-47-25-29-49-39-17-19-40(20-18-39)50-30-26-48-28-32-52-42-22-24-44(46)38(36-42)16-14-34-60(56-10-4,57-11-5)58-12-6/h17-24,35-36,45-46H,7-16,25-34H2,1-6H3. The molecule has 0 fully saturated rings. The van der Waals surface area contributed by atoms with Crippen molar-refractivity contribution in [1.29, 1.82) is 0 Å². The van der Waals surface area contributed by atoms with E-state index in [1.807, 2.05) is 77.9 Å². The lowest BCUT2D eigenvalue weighted by Gasteiger charge is -2.28. The first-order valence-corrected chi connectivity index (χ1v) is 25.3. The van der Waals surface area contributed by atoms with E-state index >= 15 is 0 Å². The van der Waals surface area contributed by atoms with Crippen LogP contribution in [0.5, 0.6) is 34.5 Å². The lowest BCUT2D eigenvalue weighted by atomic mass is 10.1. The van der Waals surface area contributed by atoms with Crippen molar-refractivity contribution in [3.05, 3.63) is 71.8 Å². The first-order valence-electron chi connectivity index (χ1n) is 21.5. The summed E-state index contributed by atoms with van der Waals surface area (Å²) in [5.74, 6) is 3.23. The van der Waals surface area contributed by atoms with Crippen molar-refractivity contribution in [2.75, 3.05) is 92.5 Å². The minimum Gasteiger partial charge on any atom is -0.508 e. The fourth-order valence-electron chi connectivity index (χ4n) is 6.41. The fourth-order valence-corrected chi connectivity index (χ4v) is 11.6. The van der Waals surface area contributed by atoms with Gasteiger partial charge in [-0.3, -0.25) is 0 Å². The summed E-state index contributed by atoms with van der Waals surface area (Å²) >= 11 is 0. The Morgan fingerprint density at radius 2 is 0.667 bits per heavy atom. The lowest BCUT2D eigenvalue weighted by molar-refractivity contribution is 0.0700. The Morgan fingerprint density at radius 1 is 0.383 bits per heavy atom. The Morgan fingerprint density at radius 3 is 0.967 bits per heavy atom. The predicted octanol–water partition coefficient (Wildman–Crippen LogP) is 8.01. The molecule has 2 N–H and O–H groups in total. The van der Waals surface area contributed by atoms with E-state index in [-0.39, 0.29) is 11.5 Å². The van der Waals surface area contributed by atoms with Gasteiger partial charge in [0, 0.05) is 51.7 Å². The van der Waals surface area contributed by atoms with E-state index in [4.69, 9.17) is 55.0 Å². The van der Waals surface area contributed by atoms with Gasteiger partial charge in [0.15, 0.2) is 0 Å². The zero-order chi connectivity index (χ0) is 43.3. The van der Waals surface area contributed by atoms with Crippen LogP contribution in [0, 0.1) is 0 Å². The first-order chi connectivity index (χ1) is 29.2. The predicted molar refractivity (Wildman–Crippen MR) is 234 cm³/mol. The highest BCUT2D eigenvalue weighted by molar-refractivity contribution is 6.61. The van der Waals surface area contributed by atoms with E-state index in [0.29, 0.717) is 140 Å². The highest BCUT2D eigenvalue weighted by atomic mass is 28.4. The summed E-state index contributed by atoms with van der Waals surface area (Å²) in [5.41, 5.74) is 1.61. The maximum atomic E-state index is 10.4. The second kappa shape index (κ2) is 29.8. The Labute approximate surface area is 359 Å². The summed E-state index contributed by atoms with van der Waals surface area (Å²) in [5, 5.41) is 20.8. The molecule has 338 valence electrons. The van der Waals surface area contributed by atoms with Crippen LogP contribution in [0.4, 0.5) is 0 Å². The highest BCUT2D eigenvalue weighted by Gasteiger charge is 2.40. The largest absolute Gasteiger partial charge is 0.508 e. The van der Waals surface area contributed by atoms with Crippen LogP contribution in [0.25, 0.3) is 0 Å². The molecule has 16 heteroatoms. The van der Waals surface area contributed by atoms with Crippen molar-refractivity contribution < 1.29 is 65.2 Å². The van der Waals surface area contributed by atoms with Crippen molar-refractivity contribution in [3.63, 3.8) is 0 Å². The van der Waals surface area contributed by atoms with Gasteiger partial charge in [-0.15, -0.1) is 0 Å². The summed E-state index contributed by atoms with van der Waals surface area (Å²) in [4.78, 5) is 0. The van der Waals surface area contributed by atoms with Crippen molar-refractivity contribution in [2.24, 2.45) is 0 Å². The van der Waals surface area contributed by atoms with Crippen LogP contribution < -0.4 is 18.9 Å². The Hall–Kier alpha value is -3.43. The van der Waals surface area contributed by atoms with E-state index < -0.39 is 17.6 Å². The third kappa shape index (κ3) is 19.1. The van der Waals surface area contributed by atoms with E-state index in [0.717, 1.165) is 24.0 Å². The van der Waals surface area contributed by atoms with Crippen LogP contribution in [0.2, 0.25) is 12.1 Å². The van der Waals surface area contributed by atoms with Gasteiger partial charge in [-0.2, -0.15) is 0 Å². The number of aryl methyl sites for hydroxylation is 2. The number of aromatic hydroxyl groups is 2. The summed E-state index contributed by atoms with van der Waals surface area (Å²) in [7, 11) is -5.47. The highest BCUT2D eigenvalue weighted by Crippen LogP contribution is 2.29. The van der Waals surface area contributed by atoms with Gasteiger partial charge in [0.05, 0.1) is 26.4 Å².